The van der Waals surface area contributed by atoms with Crippen molar-refractivity contribution in [3.8, 4) is 0 Å². The summed E-state index contributed by atoms with van der Waals surface area (Å²) in [6.45, 7) is 3.40. The van der Waals surface area contributed by atoms with Gasteiger partial charge in [0.15, 0.2) is 0 Å². The predicted molar refractivity (Wildman–Crippen MR) is 70.2 cm³/mol. The van der Waals surface area contributed by atoms with Crippen molar-refractivity contribution in [2.24, 2.45) is 11.8 Å². The van der Waals surface area contributed by atoms with Crippen LogP contribution in [0.1, 0.15) is 39.0 Å². The van der Waals surface area contributed by atoms with Crippen LogP contribution in [0, 0.1) is 11.8 Å². The second-order valence-corrected chi connectivity index (χ2v) is 7.47. The molecule has 0 aromatic heterocycles. The number of hydrogen-bond donors (Lipinski definition) is 2. The first-order valence-corrected chi connectivity index (χ1v) is 8.33. The molecule has 1 saturated carbocycles. The van der Waals surface area contributed by atoms with E-state index in [1.54, 1.807) is 0 Å². The molecule has 2 unspecified atom stereocenters. The number of rotatable bonds is 4. The molecule has 0 aromatic carbocycles. The van der Waals surface area contributed by atoms with Crippen molar-refractivity contribution in [3.05, 3.63) is 0 Å². The van der Waals surface area contributed by atoms with Crippen LogP contribution in [0.2, 0.25) is 0 Å². The summed E-state index contributed by atoms with van der Waals surface area (Å²) in [5, 5.41) is 9.06. The van der Waals surface area contributed by atoms with Gasteiger partial charge in [0.1, 0.15) is 0 Å². The zero-order chi connectivity index (χ0) is 13.2. The molecule has 0 aromatic rings. The molecule has 2 N–H and O–H groups in total. The Hall–Kier alpha value is -0.170. The number of hydrogen-bond acceptors (Lipinski definition) is 3. The van der Waals surface area contributed by atoms with Gasteiger partial charge in [-0.2, -0.15) is 17.4 Å². The van der Waals surface area contributed by atoms with E-state index in [2.05, 4.69) is 11.6 Å². The molecule has 106 valence electrons. The van der Waals surface area contributed by atoms with Crippen molar-refractivity contribution in [1.29, 1.82) is 0 Å². The van der Waals surface area contributed by atoms with Crippen LogP contribution in [0.4, 0.5) is 0 Å². The van der Waals surface area contributed by atoms with Gasteiger partial charge in [-0.3, -0.25) is 0 Å². The monoisotopic (exact) mass is 276 g/mol. The third-order valence-corrected chi connectivity index (χ3v) is 5.86. The fourth-order valence-corrected chi connectivity index (χ4v) is 4.41. The lowest BCUT2D eigenvalue weighted by molar-refractivity contribution is 0.169. The Labute approximate surface area is 110 Å². The second kappa shape index (κ2) is 5.86. The molecule has 2 fully saturated rings. The first kappa shape index (κ1) is 14.2. The fourth-order valence-electron chi connectivity index (χ4n) is 2.93. The average Bonchev–Trinajstić information content (AvgIpc) is 2.74. The number of nitrogens with one attached hydrogen (secondary N) is 1. The molecule has 18 heavy (non-hydrogen) atoms. The third-order valence-electron chi connectivity index (χ3n) is 4.18. The zero-order valence-corrected chi connectivity index (χ0v) is 11.8. The van der Waals surface area contributed by atoms with E-state index in [1.807, 2.05) is 0 Å². The van der Waals surface area contributed by atoms with Crippen LogP contribution in [-0.4, -0.2) is 43.6 Å². The molecule has 1 aliphatic heterocycles. The fraction of sp³-hybridized carbons (Fsp3) is 1.00. The Morgan fingerprint density at radius 1 is 1.22 bits per heavy atom. The maximum atomic E-state index is 12.2. The molecule has 5 nitrogen and oxygen atoms in total. The summed E-state index contributed by atoms with van der Waals surface area (Å²) in [6.07, 6.45) is 4.54. The van der Waals surface area contributed by atoms with Gasteiger partial charge >= 0.3 is 0 Å². The minimum Gasteiger partial charge on any atom is -0.396 e. The predicted octanol–water partition coefficient (Wildman–Crippen LogP) is 0.714. The van der Waals surface area contributed by atoms with Crippen LogP contribution in [-0.2, 0) is 10.2 Å². The Kier molecular flexibility index (Phi) is 4.64. The third kappa shape index (κ3) is 3.44. The number of aliphatic hydroxyl groups is 1. The zero-order valence-electron chi connectivity index (χ0n) is 11.0. The summed E-state index contributed by atoms with van der Waals surface area (Å²) in [5.41, 5.74) is 0. The molecule has 0 radical (unpaired) electrons. The van der Waals surface area contributed by atoms with E-state index in [0.717, 1.165) is 32.1 Å². The maximum absolute atomic E-state index is 12.2. The highest BCUT2D eigenvalue weighted by atomic mass is 32.2. The van der Waals surface area contributed by atoms with Crippen molar-refractivity contribution < 1.29 is 13.5 Å². The summed E-state index contributed by atoms with van der Waals surface area (Å²) < 4.78 is 28.7. The van der Waals surface area contributed by atoms with Crippen LogP contribution in [0.5, 0.6) is 0 Å². The highest BCUT2D eigenvalue weighted by Gasteiger charge is 2.31. The lowest BCUT2D eigenvalue weighted by Gasteiger charge is -2.31. The molecular formula is C12H24N2O3S. The summed E-state index contributed by atoms with van der Waals surface area (Å²) >= 11 is 0. The molecule has 0 amide bonds. The van der Waals surface area contributed by atoms with Gasteiger partial charge in [0.05, 0.1) is 0 Å². The Morgan fingerprint density at radius 3 is 2.39 bits per heavy atom. The average molecular weight is 276 g/mol. The quantitative estimate of drug-likeness (QED) is 0.794. The molecule has 1 aliphatic carbocycles. The maximum Gasteiger partial charge on any atom is 0.279 e. The van der Waals surface area contributed by atoms with Gasteiger partial charge < -0.3 is 5.11 Å². The van der Waals surface area contributed by atoms with Gasteiger partial charge in [0.25, 0.3) is 10.2 Å². The first-order valence-electron chi connectivity index (χ1n) is 6.89. The van der Waals surface area contributed by atoms with Crippen LogP contribution < -0.4 is 4.72 Å². The van der Waals surface area contributed by atoms with Crippen molar-refractivity contribution in [2.75, 3.05) is 19.7 Å². The van der Waals surface area contributed by atoms with E-state index in [1.165, 1.54) is 4.31 Å². The van der Waals surface area contributed by atoms with Crippen LogP contribution in [0.25, 0.3) is 0 Å². The topological polar surface area (TPSA) is 69.6 Å². The van der Waals surface area contributed by atoms with Crippen molar-refractivity contribution >= 4 is 10.2 Å². The minimum atomic E-state index is -3.32. The summed E-state index contributed by atoms with van der Waals surface area (Å²) in [6, 6.07) is 0.112. The summed E-state index contributed by atoms with van der Waals surface area (Å²) in [4.78, 5) is 0. The SMILES string of the molecule is CC1CCC(NS(=O)(=O)N2CCC(CO)CC2)C1. The highest BCUT2D eigenvalue weighted by molar-refractivity contribution is 7.87. The number of piperidine rings is 1. The van der Waals surface area contributed by atoms with Crippen molar-refractivity contribution in [3.63, 3.8) is 0 Å². The normalized spacial score (nSPS) is 31.9. The molecular weight excluding hydrogens is 252 g/mol. The molecule has 1 saturated heterocycles. The second-order valence-electron chi connectivity index (χ2n) is 5.76. The van der Waals surface area contributed by atoms with Crippen molar-refractivity contribution in [2.45, 2.75) is 45.1 Å². The Balaban J connectivity index is 1.87. The van der Waals surface area contributed by atoms with E-state index in [4.69, 9.17) is 5.11 Å². The molecule has 2 atom stereocenters. The molecule has 0 spiro atoms. The van der Waals surface area contributed by atoms with Gasteiger partial charge in [-0.15, -0.1) is 0 Å². The number of nitrogens with zero attached hydrogens (tertiary/aromatic N) is 1. The minimum absolute atomic E-state index is 0.112. The van der Waals surface area contributed by atoms with Crippen LogP contribution in [0.15, 0.2) is 0 Å². The van der Waals surface area contributed by atoms with E-state index >= 15 is 0 Å². The highest BCUT2D eigenvalue weighted by Crippen LogP contribution is 2.26. The van der Waals surface area contributed by atoms with E-state index in [-0.39, 0.29) is 18.6 Å². The Bertz CT molecular complexity index is 364. The lowest BCUT2D eigenvalue weighted by Crippen LogP contribution is -2.48. The van der Waals surface area contributed by atoms with Gasteiger partial charge in [-0.1, -0.05) is 6.92 Å². The molecule has 1 heterocycles. The molecule has 6 heteroatoms. The summed E-state index contributed by atoms with van der Waals surface area (Å²) in [7, 11) is -3.32. The van der Waals surface area contributed by atoms with Crippen LogP contribution >= 0.6 is 0 Å². The standard InChI is InChI=1S/C12H24N2O3S/c1-10-2-3-12(8-10)13-18(16,17)14-6-4-11(9-15)5-7-14/h10-13,15H,2-9H2,1H3. The largest absolute Gasteiger partial charge is 0.396 e. The van der Waals surface area contributed by atoms with E-state index < -0.39 is 10.2 Å². The van der Waals surface area contributed by atoms with Gasteiger partial charge in [0.2, 0.25) is 0 Å². The molecule has 2 aliphatic rings. The summed E-state index contributed by atoms with van der Waals surface area (Å²) in [5.74, 6) is 0.890. The molecule has 0 bridgehead atoms. The van der Waals surface area contributed by atoms with Crippen LogP contribution in [0.3, 0.4) is 0 Å². The first-order chi connectivity index (χ1) is 8.51. The smallest absolute Gasteiger partial charge is 0.279 e. The lowest BCUT2D eigenvalue weighted by atomic mass is 10.00. The Morgan fingerprint density at radius 2 is 1.89 bits per heavy atom. The number of aliphatic hydroxyl groups excluding tert-OH is 1. The van der Waals surface area contributed by atoms with Gasteiger partial charge in [-0.25, -0.2) is 0 Å². The van der Waals surface area contributed by atoms with E-state index in [9.17, 15) is 8.42 Å². The van der Waals surface area contributed by atoms with Gasteiger partial charge in [0, 0.05) is 25.7 Å². The van der Waals surface area contributed by atoms with Gasteiger partial charge in [-0.05, 0) is 43.9 Å². The van der Waals surface area contributed by atoms with Crippen molar-refractivity contribution in [1.82, 2.24) is 9.03 Å². The molecule has 2 rings (SSSR count). The van der Waals surface area contributed by atoms with E-state index in [0.29, 0.717) is 19.0 Å².